The number of Topliss-reactive ketones (excluding diaryl/α,β-unsaturated/α-hetero) is 1. The topological polar surface area (TPSA) is 17.1 Å². The number of hydrogen-bond acceptors (Lipinski definition) is 1. The zero-order chi connectivity index (χ0) is 15.1. The highest BCUT2D eigenvalue weighted by molar-refractivity contribution is 5.96. The first-order valence-corrected chi connectivity index (χ1v) is 7.56. The lowest BCUT2D eigenvalue weighted by atomic mass is 10.0. The van der Waals surface area contributed by atoms with E-state index in [2.05, 4.69) is 6.92 Å². The molecule has 0 aliphatic heterocycles. The maximum absolute atomic E-state index is 13.5. The molecule has 0 fully saturated rings. The monoisotopic (exact) mass is 284 g/mol. The van der Waals surface area contributed by atoms with E-state index in [1.165, 1.54) is 11.6 Å². The van der Waals surface area contributed by atoms with Crippen LogP contribution in [0.1, 0.15) is 47.7 Å². The summed E-state index contributed by atoms with van der Waals surface area (Å²) in [6, 6.07) is 14.6. The van der Waals surface area contributed by atoms with Crippen molar-refractivity contribution < 1.29 is 9.18 Å². The van der Waals surface area contributed by atoms with E-state index < -0.39 is 0 Å². The Balaban J connectivity index is 1.85. The number of halogens is 1. The third kappa shape index (κ3) is 4.52. The van der Waals surface area contributed by atoms with E-state index >= 15 is 0 Å². The lowest BCUT2D eigenvalue weighted by molar-refractivity contribution is 0.0980. The van der Waals surface area contributed by atoms with Gasteiger partial charge in [-0.25, -0.2) is 4.39 Å². The summed E-state index contributed by atoms with van der Waals surface area (Å²) < 4.78 is 13.5. The van der Waals surface area contributed by atoms with E-state index in [9.17, 15) is 9.18 Å². The molecular formula is C19H21FO. The second-order valence-corrected chi connectivity index (χ2v) is 5.32. The van der Waals surface area contributed by atoms with E-state index in [4.69, 9.17) is 0 Å². The summed E-state index contributed by atoms with van der Waals surface area (Å²) in [4.78, 5) is 12.1. The van der Waals surface area contributed by atoms with Crippen molar-refractivity contribution in [3.8, 4) is 0 Å². The molecule has 110 valence electrons. The molecule has 0 spiro atoms. The molecule has 0 bridgehead atoms. The van der Waals surface area contributed by atoms with E-state index in [0.29, 0.717) is 24.8 Å². The summed E-state index contributed by atoms with van der Waals surface area (Å²) >= 11 is 0. The van der Waals surface area contributed by atoms with Gasteiger partial charge in [0.1, 0.15) is 5.82 Å². The van der Waals surface area contributed by atoms with Crippen LogP contribution in [0.15, 0.2) is 48.5 Å². The molecule has 0 heterocycles. The average Bonchev–Trinajstić information content (AvgIpc) is 2.50. The van der Waals surface area contributed by atoms with Gasteiger partial charge in [-0.15, -0.1) is 0 Å². The largest absolute Gasteiger partial charge is 0.294 e. The number of benzene rings is 2. The molecule has 0 atom stereocenters. The Morgan fingerprint density at radius 1 is 1.00 bits per heavy atom. The van der Waals surface area contributed by atoms with Crippen LogP contribution in [-0.4, -0.2) is 5.78 Å². The molecule has 2 heteroatoms. The van der Waals surface area contributed by atoms with E-state index in [1.807, 2.05) is 30.3 Å². The number of aryl methyl sites for hydroxylation is 2. The fourth-order valence-electron chi connectivity index (χ4n) is 2.43. The molecule has 1 nitrogen and oxygen atoms in total. The van der Waals surface area contributed by atoms with Crippen LogP contribution >= 0.6 is 0 Å². The smallest absolute Gasteiger partial charge is 0.162 e. The molecule has 0 aromatic heterocycles. The minimum absolute atomic E-state index is 0.134. The molecule has 2 aromatic rings. The maximum Gasteiger partial charge on any atom is 0.162 e. The molecule has 0 unspecified atom stereocenters. The van der Waals surface area contributed by atoms with E-state index in [-0.39, 0.29) is 11.6 Å². The zero-order valence-electron chi connectivity index (χ0n) is 12.4. The molecule has 0 aliphatic carbocycles. The van der Waals surface area contributed by atoms with Crippen LogP contribution in [0, 0.1) is 5.82 Å². The Kier molecular flexibility index (Phi) is 5.68. The third-order valence-electron chi connectivity index (χ3n) is 3.62. The number of hydrogen-bond donors (Lipinski definition) is 0. The van der Waals surface area contributed by atoms with E-state index in [0.717, 1.165) is 18.4 Å². The molecule has 0 aliphatic rings. The van der Waals surface area contributed by atoms with Crippen LogP contribution in [0.2, 0.25) is 0 Å². The summed E-state index contributed by atoms with van der Waals surface area (Å²) in [5.74, 6) is -0.0525. The van der Waals surface area contributed by atoms with Crippen LogP contribution in [-0.2, 0) is 12.8 Å². The van der Waals surface area contributed by atoms with Crippen molar-refractivity contribution in [3.05, 3.63) is 71.0 Å². The van der Waals surface area contributed by atoms with Crippen LogP contribution in [0.4, 0.5) is 4.39 Å². The molecule has 2 aromatic carbocycles. The second-order valence-electron chi connectivity index (χ2n) is 5.32. The van der Waals surface area contributed by atoms with Gasteiger partial charge < -0.3 is 0 Å². The number of carbonyl (C=O) groups excluding carboxylic acids is 1. The van der Waals surface area contributed by atoms with Crippen LogP contribution < -0.4 is 0 Å². The molecule has 2 rings (SSSR count). The molecule has 0 saturated heterocycles. The highest BCUT2D eigenvalue weighted by atomic mass is 19.1. The first kappa shape index (κ1) is 15.4. The van der Waals surface area contributed by atoms with Gasteiger partial charge in [-0.2, -0.15) is 0 Å². The summed E-state index contributed by atoms with van der Waals surface area (Å²) in [5, 5.41) is 0. The fraction of sp³-hybridized carbons (Fsp3) is 0.316. The molecule has 21 heavy (non-hydrogen) atoms. The standard InChI is InChI=1S/C19H21FO/c1-2-6-15-11-13-17(14-12-15)19(21)10-5-8-16-7-3-4-9-18(16)20/h3-4,7,9,11-14H,2,5-6,8,10H2,1H3. The Bertz CT molecular complexity index is 587. The Morgan fingerprint density at radius 3 is 2.38 bits per heavy atom. The zero-order valence-corrected chi connectivity index (χ0v) is 12.4. The lowest BCUT2D eigenvalue weighted by Crippen LogP contribution is -2.01. The molecule has 0 saturated carbocycles. The van der Waals surface area contributed by atoms with Gasteiger partial charge in [-0.3, -0.25) is 4.79 Å². The number of rotatable bonds is 7. The van der Waals surface area contributed by atoms with E-state index in [1.54, 1.807) is 12.1 Å². The summed E-state index contributed by atoms with van der Waals surface area (Å²) in [6.07, 6.45) is 3.89. The minimum Gasteiger partial charge on any atom is -0.294 e. The van der Waals surface area contributed by atoms with Crippen molar-refractivity contribution in [2.45, 2.75) is 39.0 Å². The van der Waals surface area contributed by atoms with Gasteiger partial charge in [-0.05, 0) is 36.5 Å². The van der Waals surface area contributed by atoms with Gasteiger partial charge >= 0.3 is 0 Å². The predicted octanol–water partition coefficient (Wildman–Crippen LogP) is 4.98. The minimum atomic E-state index is -0.186. The number of ketones is 1. The van der Waals surface area contributed by atoms with Gasteiger partial charge in [0.15, 0.2) is 5.78 Å². The maximum atomic E-state index is 13.5. The Labute approximate surface area is 125 Å². The van der Waals surface area contributed by atoms with Crippen molar-refractivity contribution in [3.63, 3.8) is 0 Å². The van der Waals surface area contributed by atoms with Crippen molar-refractivity contribution in [2.24, 2.45) is 0 Å². The third-order valence-corrected chi connectivity index (χ3v) is 3.62. The molecule has 0 N–H and O–H groups in total. The Hall–Kier alpha value is -1.96. The second kappa shape index (κ2) is 7.72. The number of carbonyl (C=O) groups is 1. The van der Waals surface area contributed by atoms with Crippen molar-refractivity contribution in [2.75, 3.05) is 0 Å². The van der Waals surface area contributed by atoms with Crippen molar-refractivity contribution >= 4 is 5.78 Å². The fourth-order valence-corrected chi connectivity index (χ4v) is 2.43. The SMILES string of the molecule is CCCc1ccc(C(=O)CCCc2ccccc2F)cc1. The lowest BCUT2D eigenvalue weighted by Gasteiger charge is -2.04. The molecule has 0 radical (unpaired) electrons. The van der Waals surface area contributed by atoms with Crippen LogP contribution in [0.25, 0.3) is 0 Å². The highest BCUT2D eigenvalue weighted by Gasteiger charge is 2.07. The van der Waals surface area contributed by atoms with Gasteiger partial charge in [0.05, 0.1) is 0 Å². The summed E-state index contributed by atoms with van der Waals surface area (Å²) in [5.41, 5.74) is 2.70. The first-order chi connectivity index (χ1) is 10.2. The van der Waals surface area contributed by atoms with Crippen molar-refractivity contribution in [1.82, 2.24) is 0 Å². The van der Waals surface area contributed by atoms with Crippen LogP contribution in [0.3, 0.4) is 0 Å². The van der Waals surface area contributed by atoms with Gasteiger partial charge in [0.25, 0.3) is 0 Å². The highest BCUT2D eigenvalue weighted by Crippen LogP contribution is 2.13. The first-order valence-electron chi connectivity index (χ1n) is 7.56. The van der Waals surface area contributed by atoms with Crippen LogP contribution in [0.5, 0.6) is 0 Å². The van der Waals surface area contributed by atoms with Gasteiger partial charge in [0.2, 0.25) is 0 Å². The normalized spacial score (nSPS) is 10.6. The van der Waals surface area contributed by atoms with Gasteiger partial charge in [-0.1, -0.05) is 55.8 Å². The quantitative estimate of drug-likeness (QED) is 0.655. The summed E-state index contributed by atoms with van der Waals surface area (Å²) in [6.45, 7) is 2.14. The average molecular weight is 284 g/mol. The summed E-state index contributed by atoms with van der Waals surface area (Å²) in [7, 11) is 0. The molecule has 0 amide bonds. The van der Waals surface area contributed by atoms with Crippen molar-refractivity contribution in [1.29, 1.82) is 0 Å². The van der Waals surface area contributed by atoms with Gasteiger partial charge in [0, 0.05) is 12.0 Å². The Morgan fingerprint density at radius 2 is 1.71 bits per heavy atom. The predicted molar refractivity (Wildman–Crippen MR) is 84.1 cm³/mol. The molecular weight excluding hydrogens is 263 g/mol.